The van der Waals surface area contributed by atoms with Crippen LogP contribution in [0.1, 0.15) is 30.9 Å². The number of allylic oxidation sites excluding steroid dienone is 3. The van der Waals surface area contributed by atoms with Crippen LogP contribution >= 0.6 is 18.6 Å². The van der Waals surface area contributed by atoms with Crippen LogP contribution in [0.4, 0.5) is 5.69 Å². The fourth-order valence-electron chi connectivity index (χ4n) is 3.81. The molecule has 3 rings (SSSR count). The Bertz CT molecular complexity index is 563. The summed E-state index contributed by atoms with van der Waals surface area (Å²) in [5, 5.41) is 4.83. The first kappa shape index (κ1) is 21.8. The van der Waals surface area contributed by atoms with E-state index in [0.717, 1.165) is 30.0 Å². The van der Waals surface area contributed by atoms with Crippen molar-refractivity contribution in [1.82, 2.24) is 0 Å². The van der Waals surface area contributed by atoms with Crippen molar-refractivity contribution >= 4 is 24.3 Å². The monoisotopic (exact) mass is 399 g/mol. The molecule has 0 radical (unpaired) electrons. The molecule has 0 bridgehead atoms. The number of hydrogen-bond acceptors (Lipinski definition) is 0. The molecule has 0 N–H and O–H groups in total. The molecule has 1 aromatic rings. The molecule has 0 heterocycles. The summed E-state index contributed by atoms with van der Waals surface area (Å²) in [5.41, 5.74) is 5.25. The molecule has 2 aliphatic rings. The zero-order chi connectivity index (χ0) is 16.8. The summed E-state index contributed by atoms with van der Waals surface area (Å²) < 4.78 is 0. The Balaban J connectivity index is 0.000000671. The van der Waals surface area contributed by atoms with Crippen molar-refractivity contribution in [2.45, 2.75) is 33.6 Å². The Labute approximate surface area is 164 Å². The van der Waals surface area contributed by atoms with Gasteiger partial charge in [0.05, 0.1) is 0 Å². The average Bonchev–Trinajstić information content (AvgIpc) is 2.85. The molecular formula is C20H27Cl2NTi-2. The van der Waals surface area contributed by atoms with Gasteiger partial charge >= 0.3 is 35.6 Å². The van der Waals surface area contributed by atoms with Gasteiger partial charge in [-0.1, -0.05) is 60.1 Å². The van der Waals surface area contributed by atoms with Crippen molar-refractivity contribution in [2.75, 3.05) is 6.54 Å². The van der Waals surface area contributed by atoms with Crippen LogP contribution in [0.3, 0.4) is 0 Å². The molecule has 3 atom stereocenters. The number of rotatable bonds is 3. The van der Waals surface area contributed by atoms with E-state index >= 15 is 0 Å². The van der Waals surface area contributed by atoms with E-state index in [4.69, 9.17) is 23.9 Å². The Morgan fingerprint density at radius 3 is 2.38 bits per heavy atom. The van der Waals surface area contributed by atoms with Gasteiger partial charge in [0, 0.05) is 0 Å². The van der Waals surface area contributed by atoms with E-state index in [0.29, 0.717) is 0 Å². The third-order valence-corrected chi connectivity index (χ3v) is 4.64. The second-order valence-electron chi connectivity index (χ2n) is 6.71. The molecule has 2 aliphatic carbocycles. The predicted octanol–water partition coefficient (Wildman–Crippen LogP) is 7.29. The molecule has 0 saturated heterocycles. The molecule has 4 heteroatoms. The van der Waals surface area contributed by atoms with Crippen LogP contribution in [0.25, 0.3) is 5.32 Å². The quantitative estimate of drug-likeness (QED) is 0.374. The van der Waals surface area contributed by atoms with Crippen LogP contribution in [-0.2, 0) is 17.0 Å². The maximum absolute atomic E-state index is 4.89. The first-order valence-corrected chi connectivity index (χ1v) is 12.4. The SMILES string of the molecule is Cc1cc(C)cc([N-]CC2=CC=CC3C[C@H](C)CC23)c1.[CH3-].[Cl][Ti][Cl]. The molecule has 0 spiro atoms. The Morgan fingerprint density at radius 1 is 1.12 bits per heavy atom. The van der Waals surface area contributed by atoms with Crippen molar-refractivity contribution in [3.05, 3.63) is 65.9 Å². The Kier molecular flexibility index (Phi) is 9.74. The number of benzene rings is 1. The zero-order valence-electron chi connectivity index (χ0n) is 15.0. The molecule has 0 aromatic heterocycles. The standard InChI is InChI=1S/C19H24N.CH3.2ClH.Ti/c1-13-7-14(2)10-18(9-13)20-12-17-6-4-5-16-8-15(3)11-19(16)17;;;;/h4-7,9-10,15-16,19H,8,11-12H2,1-3H3;1H3;2*1H;/q2*-1;;;+2/p-2/t15-,16?,19?;;;;/m0..../s1. The number of halogens is 2. The first-order chi connectivity index (χ1) is 11.0. The number of fused-ring (bicyclic) bond motifs is 1. The summed E-state index contributed by atoms with van der Waals surface area (Å²) in [4.78, 5) is 0. The minimum absolute atomic E-state index is 0. The summed E-state index contributed by atoms with van der Waals surface area (Å²) in [6, 6.07) is 6.57. The third kappa shape index (κ3) is 6.26. The van der Waals surface area contributed by atoms with E-state index in [2.05, 4.69) is 57.2 Å². The van der Waals surface area contributed by atoms with Crippen LogP contribution in [0.2, 0.25) is 0 Å². The Morgan fingerprint density at radius 2 is 1.75 bits per heavy atom. The van der Waals surface area contributed by atoms with Crippen molar-refractivity contribution in [3.8, 4) is 0 Å². The molecule has 0 aliphatic heterocycles. The third-order valence-electron chi connectivity index (χ3n) is 4.64. The van der Waals surface area contributed by atoms with Gasteiger partial charge in [-0.3, -0.25) is 0 Å². The fraction of sp³-hybridized carbons (Fsp3) is 0.450. The molecule has 1 nitrogen and oxygen atoms in total. The van der Waals surface area contributed by atoms with Crippen LogP contribution in [0.5, 0.6) is 0 Å². The molecule has 2 unspecified atom stereocenters. The van der Waals surface area contributed by atoms with Gasteiger partial charge in [0.1, 0.15) is 0 Å². The van der Waals surface area contributed by atoms with Crippen molar-refractivity contribution < 1.29 is 17.0 Å². The zero-order valence-corrected chi connectivity index (χ0v) is 18.1. The Hall–Kier alpha value is -0.206. The summed E-state index contributed by atoms with van der Waals surface area (Å²) in [6.45, 7) is 7.53. The number of aryl methyl sites for hydroxylation is 2. The molecule has 1 saturated carbocycles. The van der Waals surface area contributed by atoms with Gasteiger partial charge in [0.25, 0.3) is 0 Å². The van der Waals surface area contributed by atoms with Gasteiger partial charge in [-0.15, -0.1) is 12.2 Å². The predicted molar refractivity (Wildman–Crippen MR) is 105 cm³/mol. The first-order valence-electron chi connectivity index (χ1n) is 8.12. The van der Waals surface area contributed by atoms with Gasteiger partial charge in [0.15, 0.2) is 0 Å². The maximum atomic E-state index is 4.89. The number of nitrogens with zero attached hydrogens (tertiary/aromatic N) is 1. The van der Waals surface area contributed by atoms with Crippen LogP contribution in [0, 0.1) is 39.0 Å². The van der Waals surface area contributed by atoms with Crippen LogP contribution in [0.15, 0.2) is 42.0 Å². The van der Waals surface area contributed by atoms with E-state index in [-0.39, 0.29) is 7.43 Å². The average molecular weight is 400 g/mol. The second-order valence-corrected chi connectivity index (χ2v) is 9.29. The minimum atomic E-state index is -0.556. The van der Waals surface area contributed by atoms with Gasteiger partial charge < -0.3 is 12.7 Å². The summed E-state index contributed by atoms with van der Waals surface area (Å²) >= 11 is -0.556. The normalized spacial score (nSPS) is 24.0. The molecule has 1 fully saturated rings. The van der Waals surface area contributed by atoms with Crippen LogP contribution in [-0.4, -0.2) is 6.54 Å². The fourth-order valence-corrected chi connectivity index (χ4v) is 3.81. The molecule has 24 heavy (non-hydrogen) atoms. The van der Waals surface area contributed by atoms with Crippen molar-refractivity contribution in [2.24, 2.45) is 17.8 Å². The van der Waals surface area contributed by atoms with Crippen molar-refractivity contribution in [1.29, 1.82) is 0 Å². The van der Waals surface area contributed by atoms with E-state index in [1.54, 1.807) is 0 Å². The van der Waals surface area contributed by atoms with Gasteiger partial charge in [-0.25, -0.2) is 0 Å². The molecule has 132 valence electrons. The second kappa shape index (κ2) is 10.7. The van der Waals surface area contributed by atoms with Gasteiger partial charge in [0.2, 0.25) is 0 Å². The van der Waals surface area contributed by atoms with Gasteiger partial charge in [-0.2, -0.15) is 0 Å². The molecular weight excluding hydrogens is 373 g/mol. The number of hydrogen-bond donors (Lipinski definition) is 0. The van der Waals surface area contributed by atoms with Gasteiger partial charge in [-0.05, 0) is 44.4 Å². The van der Waals surface area contributed by atoms with Crippen LogP contribution < -0.4 is 0 Å². The topological polar surface area (TPSA) is 14.1 Å². The summed E-state index contributed by atoms with van der Waals surface area (Å²) in [6.07, 6.45) is 9.62. The van der Waals surface area contributed by atoms with E-state index in [1.807, 2.05) is 0 Å². The summed E-state index contributed by atoms with van der Waals surface area (Å²) in [5.74, 6) is 2.36. The molecule has 0 amide bonds. The van der Waals surface area contributed by atoms with E-state index in [1.165, 1.54) is 29.5 Å². The van der Waals surface area contributed by atoms with Crippen molar-refractivity contribution in [3.63, 3.8) is 0 Å². The van der Waals surface area contributed by atoms with E-state index in [9.17, 15) is 0 Å². The van der Waals surface area contributed by atoms with E-state index < -0.39 is 17.0 Å². The molecule has 1 aromatic carbocycles. The summed E-state index contributed by atoms with van der Waals surface area (Å²) in [7, 11) is 9.78.